The summed E-state index contributed by atoms with van der Waals surface area (Å²) in [4.78, 5) is 15.1. The zero-order chi connectivity index (χ0) is 34.6. The summed E-state index contributed by atoms with van der Waals surface area (Å²) in [6, 6.07) is 57.4. The minimum atomic E-state index is 0.548. The van der Waals surface area contributed by atoms with Gasteiger partial charge in [-0.1, -0.05) is 109 Å². The molecule has 0 saturated carbocycles. The van der Waals surface area contributed by atoms with Crippen molar-refractivity contribution in [3.05, 3.63) is 169 Å². The molecule has 242 valence electrons. The average Bonchev–Trinajstić information content (AvgIpc) is 3.77. The Morgan fingerprint density at radius 2 is 1.08 bits per heavy atom. The monoisotopic (exact) mass is 665 g/mol. The van der Waals surface area contributed by atoms with Crippen LogP contribution in [0.3, 0.4) is 0 Å². The third-order valence-corrected chi connectivity index (χ3v) is 9.63. The summed E-state index contributed by atoms with van der Waals surface area (Å²) in [5.41, 5.74) is 9.79. The summed E-state index contributed by atoms with van der Waals surface area (Å²) >= 11 is 0. The Morgan fingerprint density at radius 3 is 1.81 bits per heavy atom. The molecule has 6 heteroatoms. The van der Waals surface area contributed by atoms with E-state index in [0.717, 1.165) is 77.2 Å². The first-order valence-corrected chi connectivity index (χ1v) is 17.1. The summed E-state index contributed by atoms with van der Waals surface area (Å²) in [7, 11) is 0. The zero-order valence-electron chi connectivity index (χ0n) is 27.7. The molecule has 0 fully saturated rings. The molecule has 52 heavy (non-hydrogen) atoms. The topological polar surface area (TPSA) is 80.5 Å². The standard InChI is InChI=1S/C46H27N5O/c47-28-29-12-11-17-32(24-29)33-25-34(46-49-44(30-13-3-1-4-14-30)48-45(50-46)31-15-5-2-6-16-31)27-35(26-33)51-39-20-9-7-18-36(39)37-22-23-41-42(43(37)51)38-19-8-10-21-40(38)52-41/h1-27H. The van der Waals surface area contributed by atoms with E-state index in [9.17, 15) is 5.26 Å². The largest absolute Gasteiger partial charge is 0.456 e. The summed E-state index contributed by atoms with van der Waals surface area (Å²) < 4.78 is 8.73. The van der Waals surface area contributed by atoms with Crippen molar-refractivity contribution in [2.24, 2.45) is 0 Å². The molecule has 3 aromatic heterocycles. The van der Waals surface area contributed by atoms with Crippen LogP contribution in [0.15, 0.2) is 168 Å². The van der Waals surface area contributed by atoms with Gasteiger partial charge in [0.15, 0.2) is 17.5 Å². The van der Waals surface area contributed by atoms with Crippen molar-refractivity contribution in [1.82, 2.24) is 19.5 Å². The van der Waals surface area contributed by atoms with Crippen LogP contribution in [0.5, 0.6) is 0 Å². The van der Waals surface area contributed by atoms with Gasteiger partial charge in [-0.3, -0.25) is 0 Å². The Bertz CT molecular complexity index is 2970. The summed E-state index contributed by atoms with van der Waals surface area (Å²) in [5, 5.41) is 14.2. The number of furan rings is 1. The first-order valence-electron chi connectivity index (χ1n) is 17.1. The maximum atomic E-state index is 9.84. The van der Waals surface area contributed by atoms with Crippen molar-refractivity contribution < 1.29 is 4.42 Å². The highest BCUT2D eigenvalue weighted by molar-refractivity contribution is 6.24. The normalized spacial score (nSPS) is 11.4. The molecule has 10 aromatic rings. The molecule has 10 rings (SSSR count). The van der Waals surface area contributed by atoms with Gasteiger partial charge in [-0.05, 0) is 65.7 Å². The second-order valence-electron chi connectivity index (χ2n) is 12.8. The second-order valence-corrected chi connectivity index (χ2v) is 12.8. The van der Waals surface area contributed by atoms with Crippen LogP contribution in [0.25, 0.3) is 94.7 Å². The van der Waals surface area contributed by atoms with Crippen LogP contribution < -0.4 is 0 Å². The maximum absolute atomic E-state index is 9.84. The van der Waals surface area contributed by atoms with E-state index < -0.39 is 0 Å². The van der Waals surface area contributed by atoms with Crippen molar-refractivity contribution in [1.29, 1.82) is 5.26 Å². The summed E-state index contributed by atoms with van der Waals surface area (Å²) in [5.74, 6) is 1.73. The average molecular weight is 666 g/mol. The van der Waals surface area contributed by atoms with E-state index in [-0.39, 0.29) is 0 Å². The number of nitriles is 1. The number of nitrogens with zero attached hydrogens (tertiary/aromatic N) is 5. The zero-order valence-corrected chi connectivity index (χ0v) is 27.7. The Kier molecular flexibility index (Phi) is 6.76. The number of aromatic nitrogens is 4. The smallest absolute Gasteiger partial charge is 0.164 e. The van der Waals surface area contributed by atoms with E-state index in [4.69, 9.17) is 19.4 Å². The number of fused-ring (bicyclic) bond motifs is 7. The van der Waals surface area contributed by atoms with Crippen molar-refractivity contribution in [3.8, 4) is 57.0 Å². The SMILES string of the molecule is N#Cc1cccc(-c2cc(-c3nc(-c4ccccc4)nc(-c4ccccc4)n3)cc(-n3c4ccccc4c4ccc5oc6ccccc6c5c43)c2)c1. The molecular weight excluding hydrogens is 639 g/mol. The lowest BCUT2D eigenvalue weighted by Gasteiger charge is -2.15. The van der Waals surface area contributed by atoms with Crippen LogP contribution in [-0.2, 0) is 0 Å². The molecule has 0 amide bonds. The van der Waals surface area contributed by atoms with Crippen molar-refractivity contribution >= 4 is 43.7 Å². The number of rotatable bonds is 5. The summed E-state index contributed by atoms with van der Waals surface area (Å²) in [6.07, 6.45) is 0. The number of benzene rings is 7. The van der Waals surface area contributed by atoms with Crippen molar-refractivity contribution in [2.45, 2.75) is 0 Å². The minimum absolute atomic E-state index is 0.548. The van der Waals surface area contributed by atoms with E-state index in [1.54, 1.807) is 0 Å². The van der Waals surface area contributed by atoms with Crippen LogP contribution in [0.4, 0.5) is 0 Å². The second kappa shape index (κ2) is 11.9. The highest BCUT2D eigenvalue weighted by Crippen LogP contribution is 2.42. The Labute approximate surface area is 298 Å². The van der Waals surface area contributed by atoms with Gasteiger partial charge in [-0.2, -0.15) is 5.26 Å². The number of para-hydroxylation sites is 2. The number of hydrogen-bond acceptors (Lipinski definition) is 5. The van der Waals surface area contributed by atoms with Gasteiger partial charge in [-0.15, -0.1) is 0 Å². The van der Waals surface area contributed by atoms with Crippen LogP contribution in [0.1, 0.15) is 5.56 Å². The molecule has 0 aliphatic carbocycles. The predicted octanol–water partition coefficient (Wildman–Crippen LogP) is 11.4. The Hall–Kier alpha value is -7.36. The van der Waals surface area contributed by atoms with E-state index in [2.05, 4.69) is 77.4 Å². The molecule has 0 bridgehead atoms. The molecule has 0 atom stereocenters. The molecule has 7 aromatic carbocycles. The van der Waals surface area contributed by atoms with Gasteiger partial charge < -0.3 is 8.98 Å². The fraction of sp³-hybridized carbons (Fsp3) is 0. The number of hydrogen-bond donors (Lipinski definition) is 0. The fourth-order valence-electron chi connectivity index (χ4n) is 7.28. The highest BCUT2D eigenvalue weighted by atomic mass is 16.3. The van der Waals surface area contributed by atoms with Gasteiger partial charge in [0.25, 0.3) is 0 Å². The van der Waals surface area contributed by atoms with Gasteiger partial charge in [0, 0.05) is 38.5 Å². The van der Waals surface area contributed by atoms with Crippen LogP contribution >= 0.6 is 0 Å². The van der Waals surface area contributed by atoms with Gasteiger partial charge in [0.1, 0.15) is 11.2 Å². The lowest BCUT2D eigenvalue weighted by molar-refractivity contribution is 0.669. The third-order valence-electron chi connectivity index (χ3n) is 9.63. The van der Waals surface area contributed by atoms with Gasteiger partial charge in [0.2, 0.25) is 0 Å². The van der Waals surface area contributed by atoms with Gasteiger partial charge in [0.05, 0.1) is 28.1 Å². The Morgan fingerprint density at radius 1 is 0.462 bits per heavy atom. The molecule has 3 heterocycles. The predicted molar refractivity (Wildman–Crippen MR) is 208 cm³/mol. The molecule has 0 unspecified atom stereocenters. The van der Waals surface area contributed by atoms with E-state index >= 15 is 0 Å². The molecule has 0 aliphatic rings. The van der Waals surface area contributed by atoms with E-state index in [1.165, 1.54) is 0 Å². The van der Waals surface area contributed by atoms with Crippen LogP contribution in [-0.4, -0.2) is 19.5 Å². The van der Waals surface area contributed by atoms with E-state index in [1.807, 2.05) is 97.1 Å². The first-order chi connectivity index (χ1) is 25.7. The van der Waals surface area contributed by atoms with Gasteiger partial charge >= 0.3 is 0 Å². The van der Waals surface area contributed by atoms with E-state index in [0.29, 0.717) is 23.0 Å². The molecule has 0 N–H and O–H groups in total. The quantitative estimate of drug-likeness (QED) is 0.183. The highest BCUT2D eigenvalue weighted by Gasteiger charge is 2.21. The van der Waals surface area contributed by atoms with Gasteiger partial charge in [-0.25, -0.2) is 15.0 Å². The maximum Gasteiger partial charge on any atom is 0.164 e. The molecule has 0 saturated heterocycles. The Balaban J connectivity index is 1.31. The molecule has 6 nitrogen and oxygen atoms in total. The van der Waals surface area contributed by atoms with Crippen molar-refractivity contribution in [3.63, 3.8) is 0 Å². The first kappa shape index (κ1) is 29.5. The fourth-order valence-corrected chi connectivity index (χ4v) is 7.28. The molecule has 0 aliphatic heterocycles. The summed E-state index contributed by atoms with van der Waals surface area (Å²) in [6.45, 7) is 0. The lowest BCUT2D eigenvalue weighted by atomic mass is 9.99. The lowest BCUT2D eigenvalue weighted by Crippen LogP contribution is -2.02. The van der Waals surface area contributed by atoms with Crippen LogP contribution in [0, 0.1) is 11.3 Å². The van der Waals surface area contributed by atoms with Crippen molar-refractivity contribution in [2.75, 3.05) is 0 Å². The molecular formula is C46H27N5O. The minimum Gasteiger partial charge on any atom is -0.456 e. The molecule has 0 radical (unpaired) electrons. The van der Waals surface area contributed by atoms with Crippen LogP contribution in [0.2, 0.25) is 0 Å². The molecule has 0 spiro atoms. The third kappa shape index (κ3) is 4.84.